The molecule has 1 aliphatic carbocycles. The van der Waals surface area contributed by atoms with Crippen LogP contribution in [0.15, 0.2) is 99.2 Å². The van der Waals surface area contributed by atoms with E-state index in [-0.39, 0.29) is 0 Å². The van der Waals surface area contributed by atoms with Crippen molar-refractivity contribution in [3.63, 3.8) is 0 Å². The van der Waals surface area contributed by atoms with Crippen LogP contribution in [0.1, 0.15) is 17.7 Å². The molecule has 1 N–H and O–H groups in total. The molecule has 5 heteroatoms. The van der Waals surface area contributed by atoms with E-state index in [1.807, 2.05) is 36.9 Å². The highest BCUT2D eigenvalue weighted by Crippen LogP contribution is 2.42. The van der Waals surface area contributed by atoms with Crippen LogP contribution in [-0.2, 0) is 9.84 Å². The molecule has 1 aliphatic heterocycles. The summed E-state index contributed by atoms with van der Waals surface area (Å²) in [5.41, 5.74) is 5.54. The number of fused-ring (bicyclic) bond motifs is 1. The van der Waals surface area contributed by atoms with Crippen LogP contribution in [0.5, 0.6) is 0 Å². The fourth-order valence-electron chi connectivity index (χ4n) is 3.83. The third-order valence-electron chi connectivity index (χ3n) is 5.46. The van der Waals surface area contributed by atoms with E-state index < -0.39 is 9.84 Å². The van der Waals surface area contributed by atoms with Gasteiger partial charge in [0.15, 0.2) is 0 Å². The lowest BCUT2D eigenvalue weighted by Gasteiger charge is -2.10. The zero-order valence-corrected chi connectivity index (χ0v) is 18.2. The summed E-state index contributed by atoms with van der Waals surface area (Å²) in [6.45, 7) is 1.95. The minimum Gasteiger partial charge on any atom is -0.355 e. The molecular formula is C25H21NO2S2. The molecule has 3 aromatic rings. The van der Waals surface area contributed by atoms with Crippen LogP contribution < -0.4 is 0 Å². The molecule has 0 fully saturated rings. The fourth-order valence-corrected chi connectivity index (χ4v) is 6.23. The first-order chi connectivity index (χ1) is 14.5. The summed E-state index contributed by atoms with van der Waals surface area (Å²) in [7, 11) is -3.54. The van der Waals surface area contributed by atoms with E-state index in [9.17, 15) is 8.42 Å². The molecule has 30 heavy (non-hydrogen) atoms. The summed E-state index contributed by atoms with van der Waals surface area (Å²) in [5.74, 6) is 0.953. The molecule has 0 atom stereocenters. The minimum absolute atomic E-state index is 0.318. The minimum atomic E-state index is -3.54. The second kappa shape index (κ2) is 7.49. The van der Waals surface area contributed by atoms with Gasteiger partial charge in [-0.1, -0.05) is 48.1 Å². The number of aromatic amines is 1. The van der Waals surface area contributed by atoms with Crippen molar-refractivity contribution in [2.45, 2.75) is 23.1 Å². The van der Waals surface area contributed by atoms with Gasteiger partial charge in [0.05, 0.1) is 9.79 Å². The Labute approximate surface area is 180 Å². The average Bonchev–Trinajstić information content (AvgIpc) is 3.41. The Hall–Kier alpha value is -2.76. The van der Waals surface area contributed by atoms with Crippen molar-refractivity contribution in [1.82, 2.24) is 4.98 Å². The summed E-state index contributed by atoms with van der Waals surface area (Å²) in [5, 5.41) is 0.902. The number of aromatic nitrogens is 1. The zero-order valence-electron chi connectivity index (χ0n) is 16.6. The van der Waals surface area contributed by atoms with E-state index in [2.05, 4.69) is 41.4 Å². The number of nitrogens with one attached hydrogen (secondary N) is 1. The van der Waals surface area contributed by atoms with Gasteiger partial charge in [-0.25, -0.2) is 8.42 Å². The van der Waals surface area contributed by atoms with Crippen LogP contribution in [0.2, 0.25) is 0 Å². The van der Waals surface area contributed by atoms with Crippen molar-refractivity contribution in [3.8, 4) is 0 Å². The van der Waals surface area contributed by atoms with Gasteiger partial charge in [0.25, 0.3) is 0 Å². The van der Waals surface area contributed by atoms with Crippen LogP contribution >= 0.6 is 11.8 Å². The molecule has 0 saturated carbocycles. The second-order valence-electron chi connectivity index (χ2n) is 7.52. The molecule has 2 aromatic carbocycles. The molecule has 0 saturated heterocycles. The van der Waals surface area contributed by atoms with E-state index >= 15 is 0 Å². The Balaban J connectivity index is 1.54. The summed E-state index contributed by atoms with van der Waals surface area (Å²) < 4.78 is 26.1. The lowest BCUT2D eigenvalue weighted by atomic mass is 10.0. The molecule has 0 unspecified atom stereocenters. The largest absolute Gasteiger partial charge is 0.355 e. The summed E-state index contributed by atoms with van der Waals surface area (Å²) >= 11 is 1.85. The van der Waals surface area contributed by atoms with E-state index in [1.54, 1.807) is 24.3 Å². The van der Waals surface area contributed by atoms with Crippen LogP contribution in [0.4, 0.5) is 0 Å². The third-order valence-corrected chi connectivity index (χ3v) is 8.33. The molecule has 2 aliphatic rings. The van der Waals surface area contributed by atoms with Crippen LogP contribution in [0.3, 0.4) is 0 Å². The van der Waals surface area contributed by atoms with Gasteiger partial charge in [0.2, 0.25) is 9.84 Å². The van der Waals surface area contributed by atoms with Crippen LogP contribution in [0.25, 0.3) is 16.5 Å². The first kappa shape index (κ1) is 19.2. The first-order valence-electron chi connectivity index (χ1n) is 9.87. The fraction of sp³-hybridized carbons (Fsp3) is 0.120. The van der Waals surface area contributed by atoms with Crippen LogP contribution in [0, 0.1) is 6.92 Å². The normalized spacial score (nSPS) is 18.9. The van der Waals surface area contributed by atoms with E-state index in [4.69, 9.17) is 0 Å². The molecule has 3 nitrogen and oxygen atoms in total. The predicted molar refractivity (Wildman–Crippen MR) is 125 cm³/mol. The number of benzene rings is 2. The van der Waals surface area contributed by atoms with Gasteiger partial charge < -0.3 is 4.98 Å². The number of hydrogen-bond donors (Lipinski definition) is 1. The Bertz CT molecular complexity index is 1370. The van der Waals surface area contributed by atoms with Crippen molar-refractivity contribution in [1.29, 1.82) is 0 Å². The highest BCUT2D eigenvalue weighted by atomic mass is 32.2. The van der Waals surface area contributed by atoms with Gasteiger partial charge in [0, 0.05) is 32.8 Å². The number of aryl methyl sites for hydroxylation is 1. The maximum absolute atomic E-state index is 13.1. The molecule has 1 aromatic heterocycles. The van der Waals surface area contributed by atoms with Crippen molar-refractivity contribution >= 4 is 38.1 Å². The Morgan fingerprint density at radius 1 is 0.967 bits per heavy atom. The molecule has 0 amide bonds. The topological polar surface area (TPSA) is 49.9 Å². The van der Waals surface area contributed by atoms with E-state index in [1.165, 1.54) is 16.1 Å². The van der Waals surface area contributed by atoms with Crippen molar-refractivity contribution in [2.75, 3.05) is 5.75 Å². The Kier molecular flexibility index (Phi) is 4.80. The molecule has 150 valence electrons. The number of sulfone groups is 1. The molecule has 0 radical (unpaired) electrons. The Morgan fingerprint density at radius 3 is 2.53 bits per heavy atom. The monoisotopic (exact) mass is 431 g/mol. The number of hydrogen-bond acceptors (Lipinski definition) is 3. The number of allylic oxidation sites excluding steroid dienone is 6. The van der Waals surface area contributed by atoms with Crippen molar-refractivity contribution in [3.05, 3.63) is 101 Å². The van der Waals surface area contributed by atoms with Gasteiger partial charge in [-0.15, -0.1) is 11.8 Å². The van der Waals surface area contributed by atoms with Gasteiger partial charge in [0.1, 0.15) is 0 Å². The van der Waals surface area contributed by atoms with Gasteiger partial charge in [-0.3, -0.25) is 0 Å². The quantitative estimate of drug-likeness (QED) is 0.536. The SMILES string of the molecule is Cc1ccc(S(=O)(=O)c2ccc3[nH]c(C4=CCSC4=C4C=CC=CC4)cc3c2)cc1. The van der Waals surface area contributed by atoms with E-state index in [0.29, 0.717) is 9.79 Å². The number of H-pyrrole nitrogens is 1. The summed E-state index contributed by atoms with van der Waals surface area (Å²) in [6, 6.07) is 14.4. The first-order valence-corrected chi connectivity index (χ1v) is 12.3. The summed E-state index contributed by atoms with van der Waals surface area (Å²) in [6.07, 6.45) is 11.7. The van der Waals surface area contributed by atoms with Gasteiger partial charge in [-0.2, -0.15) is 0 Å². The second-order valence-corrected chi connectivity index (χ2v) is 10.5. The van der Waals surface area contributed by atoms with Crippen molar-refractivity contribution in [2.24, 2.45) is 0 Å². The van der Waals surface area contributed by atoms with Crippen LogP contribution in [-0.4, -0.2) is 19.2 Å². The van der Waals surface area contributed by atoms with Crippen molar-refractivity contribution < 1.29 is 8.42 Å². The molecule has 5 rings (SSSR count). The maximum atomic E-state index is 13.1. The highest BCUT2D eigenvalue weighted by Gasteiger charge is 2.21. The standard InChI is InChI=1S/C25H21NO2S2/c1-17-7-9-20(10-8-17)30(27,28)21-11-12-23-19(15-21)16-24(26-23)22-13-14-29-25(22)18-5-3-2-4-6-18/h2-5,7-13,15-16,26H,6,14H2,1H3. The summed E-state index contributed by atoms with van der Waals surface area (Å²) in [4.78, 5) is 5.42. The molecule has 0 bridgehead atoms. The lowest BCUT2D eigenvalue weighted by molar-refractivity contribution is 0.596. The number of rotatable bonds is 3. The molecule has 0 spiro atoms. The predicted octanol–water partition coefficient (Wildman–Crippen LogP) is 6.21. The number of thioether (sulfide) groups is 1. The molecular weight excluding hydrogens is 410 g/mol. The maximum Gasteiger partial charge on any atom is 0.206 e. The third kappa shape index (κ3) is 3.38. The van der Waals surface area contributed by atoms with Gasteiger partial charge >= 0.3 is 0 Å². The highest BCUT2D eigenvalue weighted by molar-refractivity contribution is 8.04. The van der Waals surface area contributed by atoms with E-state index in [0.717, 1.165) is 34.3 Å². The lowest BCUT2D eigenvalue weighted by Crippen LogP contribution is -2.01. The average molecular weight is 432 g/mol. The molecule has 2 heterocycles. The smallest absolute Gasteiger partial charge is 0.206 e. The zero-order chi connectivity index (χ0) is 20.7. The van der Waals surface area contributed by atoms with Gasteiger partial charge in [-0.05, 0) is 55.3 Å². The Morgan fingerprint density at radius 2 is 1.77 bits per heavy atom.